The Labute approximate surface area is 175 Å². The second-order valence-corrected chi connectivity index (χ2v) is 6.12. The molecule has 1 unspecified atom stereocenters. The summed E-state index contributed by atoms with van der Waals surface area (Å²) in [6, 6.07) is 10.9. The van der Waals surface area contributed by atoms with Crippen molar-refractivity contribution in [2.24, 2.45) is 10.9 Å². The molecule has 31 heavy (non-hydrogen) atoms. The van der Waals surface area contributed by atoms with Gasteiger partial charge in [-0.2, -0.15) is 31.6 Å². The first-order valence-electron chi connectivity index (χ1n) is 8.48. The first kappa shape index (κ1) is 20.2. The van der Waals surface area contributed by atoms with Gasteiger partial charge in [-0.1, -0.05) is 0 Å². The number of aliphatic imine (C=N–C) groups is 1. The molecule has 11 nitrogen and oxygen atoms in total. The Morgan fingerprint density at radius 2 is 1.13 bits per heavy atom. The fraction of sp³-hybridized carbons (Fsp3) is 0.150. The van der Waals surface area contributed by atoms with Crippen LogP contribution in [0, 0.1) is 80.8 Å². The highest BCUT2D eigenvalue weighted by Gasteiger charge is 2.22. The van der Waals surface area contributed by atoms with Crippen molar-refractivity contribution in [2.45, 2.75) is 13.8 Å². The van der Waals surface area contributed by atoms with Crippen LogP contribution in [-0.2, 0) is 0 Å². The number of aromatic nitrogens is 4. The molecule has 0 saturated carbocycles. The normalized spacial score (nSPS) is 11.4. The van der Waals surface area contributed by atoms with Gasteiger partial charge >= 0.3 is 0 Å². The monoisotopic (exact) mass is 401 g/mol. The van der Waals surface area contributed by atoms with Crippen LogP contribution in [0.25, 0.3) is 22.1 Å². The molecule has 142 valence electrons. The van der Waals surface area contributed by atoms with Crippen LogP contribution in [0.15, 0.2) is 4.99 Å². The van der Waals surface area contributed by atoms with Crippen molar-refractivity contribution in [3.63, 3.8) is 0 Å². The Bertz CT molecular complexity index is 1570. The van der Waals surface area contributed by atoms with Crippen molar-refractivity contribution in [1.82, 2.24) is 19.9 Å². The maximum absolute atomic E-state index is 9.43. The van der Waals surface area contributed by atoms with Gasteiger partial charge in [0.15, 0.2) is 22.8 Å². The van der Waals surface area contributed by atoms with Gasteiger partial charge in [0, 0.05) is 5.56 Å². The van der Waals surface area contributed by atoms with E-state index in [1.165, 1.54) is 6.92 Å². The average molecular weight is 401 g/mol. The quantitative estimate of drug-likeness (QED) is 0.451. The van der Waals surface area contributed by atoms with E-state index in [4.69, 9.17) is 5.26 Å². The van der Waals surface area contributed by atoms with Gasteiger partial charge in [-0.05, 0) is 13.8 Å². The summed E-state index contributed by atoms with van der Waals surface area (Å²) in [5.41, 5.74) is -0.370. The maximum Gasteiger partial charge on any atom is 0.177 e. The molecule has 2 aromatic heterocycles. The third kappa shape index (κ3) is 3.18. The van der Waals surface area contributed by atoms with Crippen molar-refractivity contribution in [2.75, 3.05) is 0 Å². The zero-order valence-electron chi connectivity index (χ0n) is 16.0. The van der Waals surface area contributed by atoms with Gasteiger partial charge in [-0.25, -0.2) is 24.9 Å². The minimum Gasteiger partial charge on any atom is -0.238 e. The smallest absolute Gasteiger partial charge is 0.177 e. The molecule has 11 heteroatoms. The Morgan fingerprint density at radius 3 is 1.55 bits per heavy atom. The van der Waals surface area contributed by atoms with E-state index in [1.807, 2.05) is 12.1 Å². The zero-order chi connectivity index (χ0) is 22.7. The van der Waals surface area contributed by atoms with E-state index in [9.17, 15) is 26.3 Å². The summed E-state index contributed by atoms with van der Waals surface area (Å²) in [6.45, 7) is 3.08. The number of hydrogen-bond donors (Lipinski definition) is 0. The van der Waals surface area contributed by atoms with E-state index in [1.54, 1.807) is 31.2 Å². The predicted octanol–water partition coefficient (Wildman–Crippen LogP) is 2.12. The van der Waals surface area contributed by atoms with Gasteiger partial charge in [0.05, 0.1) is 23.2 Å². The second kappa shape index (κ2) is 7.86. The molecule has 0 aliphatic rings. The van der Waals surface area contributed by atoms with E-state index in [-0.39, 0.29) is 56.2 Å². The lowest BCUT2D eigenvalue weighted by molar-refractivity contribution is 1.02. The molecule has 0 saturated heterocycles. The number of nitrogens with zero attached hydrogens (tertiary/aromatic N) is 11. The molecule has 3 aromatic rings. The van der Waals surface area contributed by atoms with Crippen molar-refractivity contribution in [3.05, 3.63) is 28.3 Å². The number of fused-ring (bicyclic) bond motifs is 3. The van der Waals surface area contributed by atoms with E-state index in [0.717, 1.165) is 0 Å². The highest BCUT2D eigenvalue weighted by atomic mass is 14.9. The molecule has 0 fully saturated rings. The minimum atomic E-state index is -0.835. The Balaban J connectivity index is 2.66. The number of rotatable bonds is 2. The number of hydrogen-bond acceptors (Lipinski definition) is 11. The molecule has 0 aliphatic heterocycles. The highest BCUT2D eigenvalue weighted by Crippen LogP contribution is 2.35. The molecule has 0 amide bonds. The van der Waals surface area contributed by atoms with Gasteiger partial charge in [0.2, 0.25) is 0 Å². The van der Waals surface area contributed by atoms with Gasteiger partial charge in [-0.15, -0.1) is 0 Å². The summed E-state index contributed by atoms with van der Waals surface area (Å²) in [7, 11) is 0. The molecule has 3 rings (SSSR count). The first-order chi connectivity index (χ1) is 14.9. The Hall–Kier alpha value is -5.49. The molecule has 0 aliphatic carbocycles. The second-order valence-electron chi connectivity index (χ2n) is 6.12. The maximum atomic E-state index is 9.43. The van der Waals surface area contributed by atoms with Crippen LogP contribution in [0.4, 0.5) is 5.69 Å². The first-order valence-corrected chi connectivity index (χ1v) is 8.48. The van der Waals surface area contributed by atoms with E-state index in [0.29, 0.717) is 5.56 Å². The van der Waals surface area contributed by atoms with Crippen LogP contribution in [0.5, 0.6) is 0 Å². The molecule has 2 heterocycles. The van der Waals surface area contributed by atoms with Crippen LogP contribution in [0.3, 0.4) is 0 Å². The van der Waals surface area contributed by atoms with Crippen molar-refractivity contribution >= 4 is 33.5 Å². The summed E-state index contributed by atoms with van der Waals surface area (Å²) in [5, 5.41) is 55.9. The summed E-state index contributed by atoms with van der Waals surface area (Å²) < 4.78 is 0. The highest BCUT2D eigenvalue weighted by molar-refractivity contribution is 6.11. The van der Waals surface area contributed by atoms with E-state index >= 15 is 0 Å². The van der Waals surface area contributed by atoms with Crippen molar-refractivity contribution < 1.29 is 0 Å². The SMILES string of the molecule is Cc1c(N=C(C#N)C(C)C#N)c2nc(C#N)c(C#N)nc2c2nc(C#N)c(C#N)nc12. The van der Waals surface area contributed by atoms with Crippen LogP contribution < -0.4 is 0 Å². The molecule has 1 atom stereocenters. The topological polar surface area (TPSA) is 207 Å². The standard InChI is InChI=1S/C20H7N11/c1-9(3-21)11(4-22)27-16-10(2)17-19(29-13(6-24)12(5-23)28-17)20-18(16)30-14(7-25)15(8-26)31-20/h9H,1-2H3. The van der Waals surface area contributed by atoms with Gasteiger partial charge < -0.3 is 0 Å². The number of aryl methyl sites for hydroxylation is 1. The van der Waals surface area contributed by atoms with Gasteiger partial charge in [-0.3, -0.25) is 0 Å². The average Bonchev–Trinajstić information content (AvgIpc) is 2.81. The largest absolute Gasteiger partial charge is 0.238 e. The van der Waals surface area contributed by atoms with Crippen LogP contribution in [0.2, 0.25) is 0 Å². The summed E-state index contributed by atoms with van der Waals surface area (Å²) in [5.74, 6) is -0.835. The zero-order valence-corrected chi connectivity index (χ0v) is 16.0. The number of benzene rings is 1. The summed E-state index contributed by atoms with van der Waals surface area (Å²) in [6.07, 6.45) is 0. The fourth-order valence-corrected chi connectivity index (χ4v) is 2.77. The Morgan fingerprint density at radius 1 is 0.710 bits per heavy atom. The Kier molecular flexibility index (Phi) is 5.14. The lowest BCUT2D eigenvalue weighted by Crippen LogP contribution is -2.07. The van der Waals surface area contributed by atoms with E-state index < -0.39 is 5.92 Å². The molecular weight excluding hydrogens is 394 g/mol. The molecule has 0 N–H and O–H groups in total. The number of nitriles is 6. The van der Waals surface area contributed by atoms with Crippen LogP contribution >= 0.6 is 0 Å². The van der Waals surface area contributed by atoms with Gasteiger partial charge in [0.25, 0.3) is 0 Å². The molecular formula is C20H7N11. The molecule has 0 bridgehead atoms. The van der Waals surface area contributed by atoms with Crippen molar-refractivity contribution in [3.8, 4) is 36.4 Å². The third-order valence-corrected chi connectivity index (χ3v) is 4.32. The van der Waals surface area contributed by atoms with Crippen molar-refractivity contribution in [1.29, 1.82) is 31.6 Å². The molecule has 0 radical (unpaired) electrons. The third-order valence-electron chi connectivity index (χ3n) is 4.32. The lowest BCUT2D eigenvalue weighted by atomic mass is 10.1. The van der Waals surface area contributed by atoms with E-state index in [2.05, 4.69) is 24.9 Å². The summed E-state index contributed by atoms with van der Waals surface area (Å²) >= 11 is 0. The fourth-order valence-electron chi connectivity index (χ4n) is 2.77. The molecule has 0 spiro atoms. The van der Waals surface area contributed by atoms with Crippen LogP contribution in [0.1, 0.15) is 35.3 Å². The minimum absolute atomic E-state index is 0.0188. The lowest BCUT2D eigenvalue weighted by Gasteiger charge is -2.11. The van der Waals surface area contributed by atoms with Gasteiger partial charge in [0.1, 0.15) is 52.6 Å². The summed E-state index contributed by atoms with van der Waals surface area (Å²) in [4.78, 5) is 21.0. The predicted molar refractivity (Wildman–Crippen MR) is 104 cm³/mol. The molecule has 1 aromatic carbocycles. The van der Waals surface area contributed by atoms with Crippen LogP contribution in [-0.4, -0.2) is 25.6 Å².